The average molecular weight is 492 g/mol. The molecule has 9 nitrogen and oxygen atoms in total. The summed E-state index contributed by atoms with van der Waals surface area (Å²) in [6.07, 6.45) is -4.85. The highest BCUT2D eigenvalue weighted by Crippen LogP contribution is 2.32. The smallest absolute Gasteiger partial charge is 0.495 e. The summed E-state index contributed by atoms with van der Waals surface area (Å²) in [5.41, 5.74) is 1.24. The summed E-state index contributed by atoms with van der Waals surface area (Å²) in [5, 5.41) is 15.3. The van der Waals surface area contributed by atoms with E-state index < -0.39 is 24.1 Å². The number of hydrogen-bond donors (Lipinski definition) is 3. The number of nitrogens with one attached hydrogen (secondary N) is 2. The summed E-state index contributed by atoms with van der Waals surface area (Å²) in [6, 6.07) is 11.0. The number of carbonyl (C=O) groups is 1. The molecule has 1 aromatic heterocycles. The van der Waals surface area contributed by atoms with Crippen molar-refractivity contribution in [1.82, 2.24) is 9.97 Å². The van der Waals surface area contributed by atoms with E-state index in [1.165, 1.54) is 50.6 Å². The summed E-state index contributed by atoms with van der Waals surface area (Å²) in [7, 11) is 2.71. The van der Waals surface area contributed by atoms with E-state index in [2.05, 4.69) is 25.3 Å². The maximum Gasteiger partial charge on any atom is 0.573 e. The third-order valence-electron chi connectivity index (χ3n) is 4.62. The summed E-state index contributed by atoms with van der Waals surface area (Å²) in [6.45, 7) is 1.49. The molecule has 0 amide bonds. The molecule has 0 bridgehead atoms. The highest BCUT2D eigenvalue weighted by Gasteiger charge is 2.31. The van der Waals surface area contributed by atoms with Crippen molar-refractivity contribution < 1.29 is 37.3 Å². The van der Waals surface area contributed by atoms with Gasteiger partial charge in [-0.05, 0) is 37.3 Å². The molecule has 1 heterocycles. The molecule has 3 aromatic rings. The minimum absolute atomic E-state index is 0.108. The Hall–Kier alpha value is -4.06. The minimum Gasteiger partial charge on any atom is -0.495 e. The number of benzene rings is 2. The third kappa shape index (κ3) is 6.96. The zero-order chi connectivity index (χ0) is 25.6. The highest BCUT2D eigenvalue weighted by molar-refractivity contribution is 5.91. The second-order valence-electron chi connectivity index (χ2n) is 7.30. The van der Waals surface area contributed by atoms with Gasteiger partial charge in [-0.3, -0.25) is 0 Å². The summed E-state index contributed by atoms with van der Waals surface area (Å²) >= 11 is 0. The Bertz CT molecular complexity index is 1190. The van der Waals surface area contributed by atoms with Crippen LogP contribution in [0.3, 0.4) is 0 Å². The number of hydrogen-bond acceptors (Lipinski definition) is 9. The normalized spacial score (nSPS) is 12.0. The van der Waals surface area contributed by atoms with Crippen LogP contribution in [0.1, 0.15) is 17.3 Å². The third-order valence-corrected chi connectivity index (χ3v) is 4.62. The van der Waals surface area contributed by atoms with Crippen molar-refractivity contribution in [2.24, 2.45) is 0 Å². The van der Waals surface area contributed by atoms with Crippen LogP contribution in [-0.4, -0.2) is 54.3 Å². The average Bonchev–Trinajstić information content (AvgIpc) is 2.82. The van der Waals surface area contributed by atoms with Crippen molar-refractivity contribution in [3.8, 4) is 22.8 Å². The Kier molecular flexibility index (Phi) is 7.97. The number of esters is 1. The first-order valence-corrected chi connectivity index (χ1v) is 10.3. The van der Waals surface area contributed by atoms with Crippen LogP contribution in [0.4, 0.5) is 30.6 Å². The van der Waals surface area contributed by atoms with E-state index >= 15 is 0 Å². The second kappa shape index (κ2) is 10.9. The first-order valence-electron chi connectivity index (χ1n) is 10.3. The molecule has 186 valence electrons. The molecular weight excluding hydrogens is 469 g/mol. The number of anilines is 3. The summed E-state index contributed by atoms with van der Waals surface area (Å²) < 4.78 is 52.1. The Morgan fingerprint density at radius 1 is 1.11 bits per heavy atom. The molecule has 12 heteroatoms. The van der Waals surface area contributed by atoms with Gasteiger partial charge in [0.2, 0.25) is 5.95 Å². The molecule has 0 aliphatic rings. The lowest BCUT2D eigenvalue weighted by Crippen LogP contribution is -2.21. The topological polar surface area (TPSA) is 115 Å². The zero-order valence-corrected chi connectivity index (χ0v) is 19.0. The fourth-order valence-electron chi connectivity index (χ4n) is 3.03. The molecule has 35 heavy (non-hydrogen) atoms. The number of carbonyl (C=O) groups excluding carboxylic acids is 1. The quantitative estimate of drug-likeness (QED) is 0.375. The Labute approximate surface area is 198 Å². The fourth-order valence-corrected chi connectivity index (χ4v) is 3.03. The Morgan fingerprint density at radius 2 is 1.89 bits per heavy atom. The van der Waals surface area contributed by atoms with Crippen LogP contribution in [0.15, 0.2) is 48.5 Å². The standard InChI is InChI=1S/C23H23F3N4O5/c1-13(12-31)27-22-29-17(14-5-4-6-16(9-14)35-23(24,25)26)11-20(30-22)28-18-10-15(21(32)34-3)7-8-19(18)33-2/h4-11,13,31H,12H2,1-3H3,(H2,27,28,29,30)/t13-/m1/s1. The maximum absolute atomic E-state index is 12.7. The Balaban J connectivity index is 2.05. The summed E-state index contributed by atoms with van der Waals surface area (Å²) in [4.78, 5) is 20.7. The lowest BCUT2D eigenvalue weighted by Gasteiger charge is -2.16. The van der Waals surface area contributed by atoms with Gasteiger partial charge in [-0.15, -0.1) is 13.2 Å². The molecule has 0 aliphatic heterocycles. The Morgan fingerprint density at radius 3 is 2.54 bits per heavy atom. The number of aliphatic hydroxyl groups excluding tert-OH is 1. The zero-order valence-electron chi connectivity index (χ0n) is 19.0. The number of aromatic nitrogens is 2. The van der Waals surface area contributed by atoms with E-state index in [1.54, 1.807) is 19.1 Å². The maximum atomic E-state index is 12.7. The molecule has 0 spiro atoms. The second-order valence-corrected chi connectivity index (χ2v) is 7.30. The molecule has 0 saturated heterocycles. The van der Waals surface area contributed by atoms with Crippen LogP contribution in [-0.2, 0) is 4.74 Å². The van der Waals surface area contributed by atoms with Crippen LogP contribution in [0.2, 0.25) is 0 Å². The molecule has 0 saturated carbocycles. The highest BCUT2D eigenvalue weighted by atomic mass is 19.4. The molecule has 0 fully saturated rings. The first kappa shape index (κ1) is 25.6. The lowest BCUT2D eigenvalue weighted by molar-refractivity contribution is -0.274. The van der Waals surface area contributed by atoms with Crippen molar-refractivity contribution in [3.05, 3.63) is 54.1 Å². The van der Waals surface area contributed by atoms with E-state index in [1.807, 2.05) is 0 Å². The van der Waals surface area contributed by atoms with Gasteiger partial charge in [-0.25, -0.2) is 9.78 Å². The largest absolute Gasteiger partial charge is 0.573 e. The van der Waals surface area contributed by atoms with Gasteiger partial charge in [0.15, 0.2) is 0 Å². The SMILES string of the molecule is COC(=O)c1ccc(OC)c(Nc2cc(-c3cccc(OC(F)(F)F)c3)nc(N[C@H](C)CO)n2)c1. The minimum atomic E-state index is -4.85. The van der Waals surface area contributed by atoms with E-state index in [0.29, 0.717) is 17.0 Å². The van der Waals surface area contributed by atoms with E-state index in [-0.39, 0.29) is 29.6 Å². The summed E-state index contributed by atoms with van der Waals surface area (Å²) in [5.74, 6) is -0.216. The van der Waals surface area contributed by atoms with E-state index in [4.69, 9.17) is 9.47 Å². The number of nitrogens with zero attached hydrogens (tertiary/aromatic N) is 2. The van der Waals surface area contributed by atoms with Crippen LogP contribution < -0.4 is 20.1 Å². The number of aliphatic hydroxyl groups is 1. The monoisotopic (exact) mass is 492 g/mol. The molecule has 0 radical (unpaired) electrons. The van der Waals surface area contributed by atoms with Crippen molar-refractivity contribution in [2.75, 3.05) is 31.5 Å². The van der Waals surface area contributed by atoms with Crippen molar-refractivity contribution in [3.63, 3.8) is 0 Å². The first-order chi connectivity index (χ1) is 16.6. The fraction of sp³-hybridized carbons (Fsp3) is 0.261. The molecule has 2 aromatic carbocycles. The van der Waals surface area contributed by atoms with Gasteiger partial charge < -0.3 is 30.0 Å². The van der Waals surface area contributed by atoms with Gasteiger partial charge in [-0.2, -0.15) is 4.98 Å². The number of alkyl halides is 3. The van der Waals surface area contributed by atoms with Crippen LogP contribution >= 0.6 is 0 Å². The lowest BCUT2D eigenvalue weighted by atomic mass is 10.1. The van der Waals surface area contributed by atoms with Crippen LogP contribution in [0.5, 0.6) is 11.5 Å². The van der Waals surface area contributed by atoms with Gasteiger partial charge >= 0.3 is 12.3 Å². The van der Waals surface area contributed by atoms with Gasteiger partial charge in [0.05, 0.1) is 37.8 Å². The number of rotatable bonds is 9. The van der Waals surface area contributed by atoms with Gasteiger partial charge in [-0.1, -0.05) is 12.1 Å². The van der Waals surface area contributed by atoms with Gasteiger partial charge in [0, 0.05) is 17.7 Å². The number of halogens is 3. The van der Waals surface area contributed by atoms with Gasteiger partial charge in [0.1, 0.15) is 17.3 Å². The van der Waals surface area contributed by atoms with Crippen molar-refractivity contribution >= 4 is 23.4 Å². The molecule has 3 rings (SSSR count). The molecule has 3 N–H and O–H groups in total. The van der Waals surface area contributed by atoms with E-state index in [0.717, 1.165) is 0 Å². The van der Waals surface area contributed by atoms with Crippen molar-refractivity contribution in [1.29, 1.82) is 0 Å². The van der Waals surface area contributed by atoms with Gasteiger partial charge in [0.25, 0.3) is 0 Å². The number of methoxy groups -OCH3 is 2. The number of ether oxygens (including phenoxy) is 3. The van der Waals surface area contributed by atoms with Crippen molar-refractivity contribution in [2.45, 2.75) is 19.3 Å². The molecule has 1 atom stereocenters. The predicted molar refractivity (Wildman–Crippen MR) is 122 cm³/mol. The van der Waals surface area contributed by atoms with E-state index in [9.17, 15) is 23.1 Å². The van der Waals surface area contributed by atoms with Crippen LogP contribution in [0, 0.1) is 0 Å². The van der Waals surface area contributed by atoms with Crippen LogP contribution in [0.25, 0.3) is 11.3 Å². The predicted octanol–water partition coefficient (Wildman–Crippen LogP) is 4.37. The molecule has 0 unspecified atom stereocenters. The molecule has 0 aliphatic carbocycles. The molecular formula is C23H23F3N4O5.